The molecular formula is C17H32O2. The second-order valence-electron chi connectivity index (χ2n) is 5.52. The molecule has 0 aromatic heterocycles. The molecule has 0 aliphatic rings. The largest absolute Gasteiger partial charge is 0.481 e. The van der Waals surface area contributed by atoms with E-state index >= 15 is 0 Å². The van der Waals surface area contributed by atoms with Crippen LogP contribution in [0.5, 0.6) is 0 Å². The zero-order chi connectivity index (χ0) is 14.3. The highest BCUT2D eigenvalue weighted by Gasteiger charge is 2.15. The second kappa shape index (κ2) is 13.6. The van der Waals surface area contributed by atoms with Gasteiger partial charge < -0.3 is 5.11 Å². The van der Waals surface area contributed by atoms with E-state index in [0.29, 0.717) is 0 Å². The van der Waals surface area contributed by atoms with Crippen LogP contribution in [-0.2, 0) is 4.79 Å². The molecule has 0 amide bonds. The first kappa shape index (κ1) is 18.2. The second-order valence-corrected chi connectivity index (χ2v) is 5.52. The number of carboxylic acids is 1. The summed E-state index contributed by atoms with van der Waals surface area (Å²) in [6, 6.07) is 0. The maximum Gasteiger partial charge on any atom is 0.306 e. The summed E-state index contributed by atoms with van der Waals surface area (Å²) in [5.74, 6) is -0.700. The van der Waals surface area contributed by atoms with Crippen molar-refractivity contribution in [1.29, 1.82) is 0 Å². The summed E-state index contributed by atoms with van der Waals surface area (Å²) in [7, 11) is 0. The Balaban J connectivity index is 3.47. The summed E-state index contributed by atoms with van der Waals surface area (Å²) < 4.78 is 0. The van der Waals surface area contributed by atoms with E-state index in [1.807, 2.05) is 6.08 Å². The molecule has 19 heavy (non-hydrogen) atoms. The monoisotopic (exact) mass is 268 g/mol. The lowest BCUT2D eigenvalue weighted by Gasteiger charge is -2.11. The number of hydrogen-bond acceptors (Lipinski definition) is 1. The molecule has 0 rings (SSSR count). The summed E-state index contributed by atoms with van der Waals surface area (Å²) in [6.07, 6.45) is 15.5. The Hall–Kier alpha value is -0.790. The number of allylic oxidation sites excluding steroid dienone is 1. The van der Waals surface area contributed by atoms with E-state index in [2.05, 4.69) is 13.5 Å². The van der Waals surface area contributed by atoms with Crippen LogP contribution in [-0.4, -0.2) is 11.1 Å². The zero-order valence-corrected chi connectivity index (χ0v) is 12.7. The van der Waals surface area contributed by atoms with Gasteiger partial charge in [0.15, 0.2) is 0 Å². The molecule has 0 heterocycles. The first-order valence-electron chi connectivity index (χ1n) is 8.06. The molecule has 0 fully saturated rings. The number of hydrogen-bond donors (Lipinski definition) is 1. The third-order valence-corrected chi connectivity index (χ3v) is 3.72. The van der Waals surface area contributed by atoms with Gasteiger partial charge in [-0.15, -0.1) is 6.58 Å². The predicted octanol–water partition coefficient (Wildman–Crippen LogP) is 5.57. The quantitative estimate of drug-likeness (QED) is 0.330. The standard InChI is InChI=1S/C17H32O2/c1-3-5-7-8-9-10-11-13-15-16(17(18)19)14-12-6-4-2/h3,16H,1,4-15H2,2H3,(H,18,19). The average molecular weight is 268 g/mol. The van der Waals surface area contributed by atoms with Gasteiger partial charge in [0.05, 0.1) is 5.92 Å². The highest BCUT2D eigenvalue weighted by Crippen LogP contribution is 2.18. The highest BCUT2D eigenvalue weighted by atomic mass is 16.4. The zero-order valence-electron chi connectivity index (χ0n) is 12.7. The highest BCUT2D eigenvalue weighted by molar-refractivity contribution is 5.69. The molecule has 0 bridgehead atoms. The van der Waals surface area contributed by atoms with Crippen molar-refractivity contribution in [3.05, 3.63) is 12.7 Å². The van der Waals surface area contributed by atoms with Crippen molar-refractivity contribution >= 4 is 5.97 Å². The van der Waals surface area contributed by atoms with Crippen LogP contribution in [0.15, 0.2) is 12.7 Å². The molecule has 0 aliphatic carbocycles. The minimum atomic E-state index is -0.595. The molecular weight excluding hydrogens is 236 g/mol. The van der Waals surface area contributed by atoms with Crippen LogP contribution >= 0.6 is 0 Å². The maximum atomic E-state index is 11.1. The average Bonchev–Trinajstić information content (AvgIpc) is 2.39. The van der Waals surface area contributed by atoms with Crippen LogP contribution in [0, 0.1) is 5.92 Å². The molecule has 1 unspecified atom stereocenters. The molecule has 0 aromatic carbocycles. The lowest BCUT2D eigenvalue weighted by Crippen LogP contribution is -2.13. The Kier molecular flexibility index (Phi) is 13.1. The van der Waals surface area contributed by atoms with Gasteiger partial charge in [-0.25, -0.2) is 0 Å². The number of rotatable bonds is 14. The molecule has 0 saturated carbocycles. The minimum Gasteiger partial charge on any atom is -0.481 e. The lowest BCUT2D eigenvalue weighted by molar-refractivity contribution is -0.142. The van der Waals surface area contributed by atoms with Crippen molar-refractivity contribution in [2.24, 2.45) is 5.92 Å². The molecule has 0 aliphatic heterocycles. The molecule has 112 valence electrons. The number of unbranched alkanes of at least 4 members (excludes halogenated alkanes) is 8. The van der Waals surface area contributed by atoms with Crippen molar-refractivity contribution in [3.63, 3.8) is 0 Å². The minimum absolute atomic E-state index is 0.104. The summed E-state index contributed by atoms with van der Waals surface area (Å²) in [5.41, 5.74) is 0. The van der Waals surface area contributed by atoms with Crippen molar-refractivity contribution in [1.82, 2.24) is 0 Å². The van der Waals surface area contributed by atoms with Crippen LogP contribution in [0.25, 0.3) is 0 Å². The number of aliphatic carboxylic acids is 1. The Morgan fingerprint density at radius 2 is 1.53 bits per heavy atom. The Labute approximate surface area is 119 Å². The van der Waals surface area contributed by atoms with Gasteiger partial charge in [-0.2, -0.15) is 0 Å². The molecule has 0 spiro atoms. The van der Waals surface area contributed by atoms with E-state index < -0.39 is 5.97 Å². The first-order valence-corrected chi connectivity index (χ1v) is 8.06. The van der Waals surface area contributed by atoms with Gasteiger partial charge >= 0.3 is 5.97 Å². The maximum absolute atomic E-state index is 11.1. The summed E-state index contributed by atoms with van der Waals surface area (Å²) in [6.45, 7) is 5.87. The van der Waals surface area contributed by atoms with Crippen LogP contribution in [0.2, 0.25) is 0 Å². The first-order chi connectivity index (χ1) is 9.22. The number of carboxylic acid groups (broad SMARTS) is 1. The van der Waals surface area contributed by atoms with Gasteiger partial charge in [0.2, 0.25) is 0 Å². The van der Waals surface area contributed by atoms with E-state index in [9.17, 15) is 4.79 Å². The summed E-state index contributed by atoms with van der Waals surface area (Å²) >= 11 is 0. The number of carbonyl (C=O) groups is 1. The van der Waals surface area contributed by atoms with E-state index in [-0.39, 0.29) is 5.92 Å². The fraction of sp³-hybridized carbons (Fsp3) is 0.824. The van der Waals surface area contributed by atoms with Crippen molar-refractivity contribution in [2.45, 2.75) is 84.0 Å². The molecule has 1 N–H and O–H groups in total. The molecule has 0 saturated heterocycles. The van der Waals surface area contributed by atoms with E-state index in [4.69, 9.17) is 5.11 Å². The van der Waals surface area contributed by atoms with Crippen LogP contribution in [0.3, 0.4) is 0 Å². The predicted molar refractivity (Wildman–Crippen MR) is 82.4 cm³/mol. The fourth-order valence-corrected chi connectivity index (χ4v) is 2.42. The van der Waals surface area contributed by atoms with Gasteiger partial charge in [-0.1, -0.05) is 64.4 Å². The molecule has 0 aromatic rings. The third-order valence-electron chi connectivity index (χ3n) is 3.72. The molecule has 2 heteroatoms. The topological polar surface area (TPSA) is 37.3 Å². The van der Waals surface area contributed by atoms with Gasteiger partial charge in [-0.05, 0) is 25.7 Å². The fourth-order valence-electron chi connectivity index (χ4n) is 2.42. The normalized spacial score (nSPS) is 12.3. The molecule has 2 nitrogen and oxygen atoms in total. The van der Waals surface area contributed by atoms with E-state index in [1.54, 1.807) is 0 Å². The van der Waals surface area contributed by atoms with Gasteiger partial charge in [0.25, 0.3) is 0 Å². The van der Waals surface area contributed by atoms with Crippen molar-refractivity contribution < 1.29 is 9.90 Å². The summed E-state index contributed by atoms with van der Waals surface area (Å²) in [5, 5.41) is 9.16. The van der Waals surface area contributed by atoms with Gasteiger partial charge in [0, 0.05) is 0 Å². The lowest BCUT2D eigenvalue weighted by atomic mass is 9.94. The van der Waals surface area contributed by atoms with Crippen molar-refractivity contribution in [3.8, 4) is 0 Å². The van der Waals surface area contributed by atoms with Gasteiger partial charge in [-0.3, -0.25) is 4.79 Å². The summed E-state index contributed by atoms with van der Waals surface area (Å²) in [4.78, 5) is 11.1. The van der Waals surface area contributed by atoms with Crippen molar-refractivity contribution in [2.75, 3.05) is 0 Å². The smallest absolute Gasteiger partial charge is 0.306 e. The Bertz CT molecular complexity index is 223. The molecule has 1 atom stereocenters. The van der Waals surface area contributed by atoms with Crippen LogP contribution in [0.4, 0.5) is 0 Å². The molecule has 0 radical (unpaired) electrons. The third kappa shape index (κ3) is 12.0. The SMILES string of the molecule is C=CCCCCCCCCC(CCCCC)C(=O)O. The van der Waals surface area contributed by atoms with Gasteiger partial charge in [0.1, 0.15) is 0 Å². The Morgan fingerprint density at radius 3 is 2.05 bits per heavy atom. The Morgan fingerprint density at radius 1 is 1.00 bits per heavy atom. The van der Waals surface area contributed by atoms with E-state index in [0.717, 1.165) is 44.9 Å². The van der Waals surface area contributed by atoms with Crippen LogP contribution < -0.4 is 0 Å². The van der Waals surface area contributed by atoms with E-state index in [1.165, 1.54) is 32.1 Å². The van der Waals surface area contributed by atoms with Crippen LogP contribution in [0.1, 0.15) is 84.0 Å².